The molecule has 0 aliphatic rings. The number of benzene rings is 2. The van der Waals surface area contributed by atoms with Crippen LogP contribution in [0.5, 0.6) is 11.5 Å². The highest BCUT2D eigenvalue weighted by molar-refractivity contribution is 5.70. The summed E-state index contributed by atoms with van der Waals surface area (Å²) in [4.78, 5) is 12.1. The second kappa shape index (κ2) is 10.3. The number of ether oxygens (including phenoxy) is 1. The normalized spacial score (nSPS) is 13.1. The molecule has 0 amide bonds. The molecule has 0 bridgehead atoms. The van der Waals surface area contributed by atoms with Gasteiger partial charge in [0.15, 0.2) is 0 Å². The molecule has 0 fully saturated rings. The van der Waals surface area contributed by atoms with Gasteiger partial charge in [0.2, 0.25) is 0 Å². The Hall–Kier alpha value is -2.49. The number of hydrogen-bond donors (Lipinski definition) is 2. The molecule has 2 rings (SSSR count). The molecular weight excluding hydrogens is 460 g/mol. The van der Waals surface area contributed by atoms with Gasteiger partial charge < -0.3 is 14.9 Å². The van der Waals surface area contributed by atoms with E-state index in [1.165, 1.54) is 7.11 Å². The van der Waals surface area contributed by atoms with Crippen LogP contribution in [0.15, 0.2) is 18.2 Å². The van der Waals surface area contributed by atoms with Crippen molar-refractivity contribution in [2.45, 2.75) is 124 Å². The Labute approximate surface area is 225 Å². The minimum atomic E-state index is -0.322. The maximum Gasteiger partial charge on any atom is 0.305 e. The van der Waals surface area contributed by atoms with Crippen molar-refractivity contribution >= 4 is 5.97 Å². The molecule has 2 aromatic carbocycles. The van der Waals surface area contributed by atoms with Crippen molar-refractivity contribution in [1.29, 1.82) is 0 Å². The average Bonchev–Trinajstić information content (AvgIpc) is 2.70. The number of phenolic OH excluding ortho intramolecular Hbond substituents is 2. The summed E-state index contributed by atoms with van der Waals surface area (Å²) < 4.78 is 4.95. The van der Waals surface area contributed by atoms with E-state index in [1.807, 2.05) is 0 Å². The third-order valence-electron chi connectivity index (χ3n) is 7.05. The molecular formula is C33H50O4. The SMILES string of the molecule is COC(=O)CCc1cc(C(C)(C)C)c(O)c(C(C)(C)C)c1Cc1cc(C(C)(C)C)c(O)c(C(C)(C)C)c1. The van der Waals surface area contributed by atoms with Gasteiger partial charge in [-0.3, -0.25) is 4.79 Å². The fourth-order valence-electron chi connectivity index (χ4n) is 5.06. The van der Waals surface area contributed by atoms with Crippen LogP contribution >= 0.6 is 0 Å². The Bertz CT molecular complexity index is 1110. The van der Waals surface area contributed by atoms with Gasteiger partial charge in [-0.2, -0.15) is 0 Å². The molecule has 206 valence electrons. The summed E-state index contributed by atoms with van der Waals surface area (Å²) in [5.41, 5.74) is 5.76. The number of carbonyl (C=O) groups is 1. The molecule has 0 aliphatic carbocycles. The van der Waals surface area contributed by atoms with Gasteiger partial charge in [0.1, 0.15) is 11.5 Å². The van der Waals surface area contributed by atoms with E-state index in [0.29, 0.717) is 24.3 Å². The first-order valence-corrected chi connectivity index (χ1v) is 13.4. The molecule has 4 heteroatoms. The number of aromatic hydroxyl groups is 2. The topological polar surface area (TPSA) is 66.8 Å². The number of rotatable bonds is 5. The standard InChI is InChI=1S/C33H50O4/c1-30(2,3)23-17-20(18-24(28(23)35)31(4,5)6)16-22-21(14-15-26(34)37-13)19-25(32(7,8)9)29(36)27(22)33(10,11)12/h17-19,35-36H,14-16H2,1-13H3. The Morgan fingerprint density at radius 3 is 1.51 bits per heavy atom. The van der Waals surface area contributed by atoms with Crippen LogP contribution in [0.1, 0.15) is 128 Å². The molecule has 0 atom stereocenters. The smallest absolute Gasteiger partial charge is 0.305 e. The zero-order chi connectivity index (χ0) is 28.7. The molecule has 0 heterocycles. The van der Waals surface area contributed by atoms with Crippen molar-refractivity contribution in [1.82, 2.24) is 0 Å². The third kappa shape index (κ3) is 7.09. The van der Waals surface area contributed by atoms with Crippen LogP contribution in [0, 0.1) is 0 Å². The predicted octanol–water partition coefficient (Wildman–Crippen LogP) is 7.98. The molecule has 0 saturated heterocycles. The molecule has 0 aliphatic heterocycles. The minimum absolute atomic E-state index is 0.237. The van der Waals surface area contributed by atoms with Gasteiger partial charge in [-0.1, -0.05) is 101 Å². The number of carbonyl (C=O) groups excluding carboxylic acids is 1. The lowest BCUT2D eigenvalue weighted by molar-refractivity contribution is -0.140. The zero-order valence-corrected chi connectivity index (χ0v) is 25.6. The Kier molecular flexibility index (Phi) is 8.59. The predicted molar refractivity (Wildman–Crippen MR) is 154 cm³/mol. The summed E-state index contributed by atoms with van der Waals surface area (Å²) in [6.45, 7) is 25.4. The van der Waals surface area contributed by atoms with Gasteiger partial charge in [-0.15, -0.1) is 0 Å². The van der Waals surface area contributed by atoms with Crippen molar-refractivity contribution in [3.63, 3.8) is 0 Å². The quantitative estimate of drug-likeness (QED) is 0.400. The first kappa shape index (κ1) is 30.7. The van der Waals surface area contributed by atoms with Gasteiger partial charge in [0, 0.05) is 12.0 Å². The van der Waals surface area contributed by atoms with Crippen molar-refractivity contribution in [3.05, 3.63) is 57.1 Å². The van der Waals surface area contributed by atoms with E-state index < -0.39 is 0 Å². The first-order valence-electron chi connectivity index (χ1n) is 13.4. The molecule has 0 spiro atoms. The molecule has 0 radical (unpaired) electrons. The van der Waals surface area contributed by atoms with E-state index in [0.717, 1.165) is 38.9 Å². The summed E-state index contributed by atoms with van der Waals surface area (Å²) in [5.74, 6) is 0.447. The molecule has 2 N–H and O–H groups in total. The number of methoxy groups -OCH3 is 1. The van der Waals surface area contributed by atoms with Crippen molar-refractivity contribution in [2.75, 3.05) is 7.11 Å². The molecule has 4 nitrogen and oxygen atoms in total. The lowest BCUT2D eigenvalue weighted by Crippen LogP contribution is -2.22. The molecule has 0 unspecified atom stereocenters. The summed E-state index contributed by atoms with van der Waals surface area (Å²) >= 11 is 0. The second-order valence-electron chi connectivity index (χ2n) is 14.6. The number of hydrogen-bond acceptors (Lipinski definition) is 4. The van der Waals surface area contributed by atoms with Crippen molar-refractivity contribution < 1.29 is 19.7 Å². The van der Waals surface area contributed by atoms with Gasteiger partial charge >= 0.3 is 5.97 Å². The maximum absolute atomic E-state index is 12.1. The Morgan fingerprint density at radius 2 is 1.14 bits per heavy atom. The lowest BCUT2D eigenvalue weighted by atomic mass is 9.73. The summed E-state index contributed by atoms with van der Waals surface area (Å²) in [6, 6.07) is 6.30. The third-order valence-corrected chi connectivity index (χ3v) is 7.05. The van der Waals surface area contributed by atoms with E-state index in [4.69, 9.17) is 4.74 Å². The van der Waals surface area contributed by atoms with E-state index in [-0.39, 0.29) is 34.1 Å². The van der Waals surface area contributed by atoms with Gasteiger partial charge in [0.25, 0.3) is 0 Å². The lowest BCUT2D eigenvalue weighted by Gasteiger charge is -2.32. The number of phenols is 2. The summed E-state index contributed by atoms with van der Waals surface area (Å²) in [6.07, 6.45) is 1.40. The van der Waals surface area contributed by atoms with E-state index >= 15 is 0 Å². The second-order valence-corrected chi connectivity index (χ2v) is 14.6. The fraction of sp³-hybridized carbons (Fsp3) is 0.606. The van der Waals surface area contributed by atoms with Crippen molar-refractivity contribution in [3.8, 4) is 11.5 Å². The van der Waals surface area contributed by atoms with Crippen LogP contribution in [-0.2, 0) is 44.0 Å². The maximum atomic E-state index is 12.1. The van der Waals surface area contributed by atoms with Crippen LogP contribution in [0.25, 0.3) is 0 Å². The van der Waals surface area contributed by atoms with Crippen LogP contribution < -0.4 is 0 Å². The summed E-state index contributed by atoms with van der Waals surface area (Å²) in [5, 5.41) is 22.9. The Balaban J connectivity index is 2.93. The number of aryl methyl sites for hydroxylation is 1. The fourth-order valence-corrected chi connectivity index (χ4v) is 5.06. The minimum Gasteiger partial charge on any atom is -0.507 e. The van der Waals surface area contributed by atoms with E-state index in [1.54, 1.807) is 0 Å². The number of esters is 1. The van der Waals surface area contributed by atoms with E-state index in [2.05, 4.69) is 101 Å². The Morgan fingerprint density at radius 1 is 0.703 bits per heavy atom. The highest BCUT2D eigenvalue weighted by atomic mass is 16.5. The van der Waals surface area contributed by atoms with Crippen LogP contribution in [0.2, 0.25) is 0 Å². The summed E-state index contributed by atoms with van der Waals surface area (Å²) in [7, 11) is 1.42. The van der Waals surface area contributed by atoms with Gasteiger partial charge in [-0.05, 0) is 67.9 Å². The average molecular weight is 511 g/mol. The molecule has 0 saturated carbocycles. The van der Waals surface area contributed by atoms with Crippen molar-refractivity contribution in [2.24, 2.45) is 0 Å². The highest BCUT2D eigenvalue weighted by Crippen LogP contribution is 2.45. The molecule has 0 aromatic heterocycles. The van der Waals surface area contributed by atoms with E-state index in [9.17, 15) is 15.0 Å². The van der Waals surface area contributed by atoms with Gasteiger partial charge in [-0.25, -0.2) is 0 Å². The zero-order valence-electron chi connectivity index (χ0n) is 25.6. The molecule has 2 aromatic rings. The van der Waals surface area contributed by atoms with Crippen LogP contribution in [-0.4, -0.2) is 23.3 Å². The van der Waals surface area contributed by atoms with Crippen LogP contribution in [0.4, 0.5) is 0 Å². The van der Waals surface area contributed by atoms with Crippen LogP contribution in [0.3, 0.4) is 0 Å². The monoisotopic (exact) mass is 510 g/mol. The highest BCUT2D eigenvalue weighted by Gasteiger charge is 2.32. The van der Waals surface area contributed by atoms with Gasteiger partial charge in [0.05, 0.1) is 7.11 Å². The first-order chi connectivity index (χ1) is 16.6. The molecule has 37 heavy (non-hydrogen) atoms. The largest absolute Gasteiger partial charge is 0.507 e.